The van der Waals surface area contributed by atoms with Crippen molar-refractivity contribution in [3.8, 4) is 0 Å². The average molecular weight is 250 g/mol. The van der Waals surface area contributed by atoms with Crippen LogP contribution in [0.5, 0.6) is 0 Å². The first-order valence-electron chi connectivity index (χ1n) is 5.25. The molecule has 0 fully saturated rings. The molecule has 0 N–H and O–H groups in total. The van der Waals surface area contributed by atoms with Crippen LogP contribution in [-0.2, 0) is 0 Å². The second kappa shape index (κ2) is 4.64. The molecular formula is C14H9F3O. The Morgan fingerprint density at radius 1 is 1.00 bits per heavy atom. The maximum atomic E-state index is 13.5. The number of hydrogen-bond acceptors (Lipinski definition) is 1. The second-order valence-corrected chi connectivity index (χ2v) is 3.92. The smallest absolute Gasteiger partial charge is 0.196 e. The van der Waals surface area contributed by atoms with Crippen LogP contribution in [-0.4, -0.2) is 5.78 Å². The van der Waals surface area contributed by atoms with Crippen LogP contribution in [0.4, 0.5) is 13.2 Å². The molecule has 0 saturated carbocycles. The van der Waals surface area contributed by atoms with Crippen molar-refractivity contribution in [3.05, 3.63) is 70.5 Å². The van der Waals surface area contributed by atoms with Gasteiger partial charge in [-0.25, -0.2) is 13.2 Å². The standard InChI is InChI=1S/C14H9F3O/c1-8-3-2-4-9(7-8)14(18)10-5-6-11(15)13(17)12(10)16/h2-7H,1H3. The van der Waals surface area contributed by atoms with Gasteiger partial charge in [-0.2, -0.15) is 0 Å². The Balaban J connectivity index is 2.50. The Kier molecular flexibility index (Phi) is 3.19. The van der Waals surface area contributed by atoms with Gasteiger partial charge in [0.25, 0.3) is 0 Å². The molecule has 0 saturated heterocycles. The predicted molar refractivity (Wildman–Crippen MR) is 60.9 cm³/mol. The van der Waals surface area contributed by atoms with E-state index in [2.05, 4.69) is 0 Å². The molecule has 0 aliphatic rings. The number of rotatable bonds is 2. The lowest BCUT2D eigenvalue weighted by atomic mass is 10.0. The number of hydrogen-bond donors (Lipinski definition) is 0. The van der Waals surface area contributed by atoms with Gasteiger partial charge in [-0.1, -0.05) is 23.8 Å². The minimum atomic E-state index is -1.63. The van der Waals surface area contributed by atoms with Gasteiger partial charge in [-0.15, -0.1) is 0 Å². The fraction of sp³-hybridized carbons (Fsp3) is 0.0714. The molecule has 4 heteroatoms. The molecule has 0 aliphatic carbocycles. The van der Waals surface area contributed by atoms with Gasteiger partial charge in [0.05, 0.1) is 5.56 Å². The molecule has 0 atom stereocenters. The van der Waals surface area contributed by atoms with Crippen molar-refractivity contribution < 1.29 is 18.0 Å². The highest BCUT2D eigenvalue weighted by molar-refractivity contribution is 6.09. The monoisotopic (exact) mass is 250 g/mol. The van der Waals surface area contributed by atoms with E-state index in [0.717, 1.165) is 17.7 Å². The van der Waals surface area contributed by atoms with Crippen molar-refractivity contribution in [2.24, 2.45) is 0 Å². The molecule has 0 spiro atoms. The minimum Gasteiger partial charge on any atom is -0.288 e. The summed E-state index contributed by atoms with van der Waals surface area (Å²) in [6, 6.07) is 8.15. The van der Waals surface area contributed by atoms with Crippen molar-refractivity contribution in [2.75, 3.05) is 0 Å². The van der Waals surface area contributed by atoms with Gasteiger partial charge in [0.15, 0.2) is 23.2 Å². The van der Waals surface area contributed by atoms with E-state index in [0.29, 0.717) is 0 Å². The fourth-order valence-electron chi connectivity index (χ4n) is 1.64. The third-order valence-electron chi connectivity index (χ3n) is 2.56. The summed E-state index contributed by atoms with van der Waals surface area (Å²) in [5.41, 5.74) is 0.586. The predicted octanol–water partition coefficient (Wildman–Crippen LogP) is 3.64. The van der Waals surface area contributed by atoms with Crippen LogP contribution in [0.25, 0.3) is 0 Å². The normalized spacial score (nSPS) is 10.4. The van der Waals surface area contributed by atoms with Crippen LogP contribution >= 0.6 is 0 Å². The Morgan fingerprint density at radius 3 is 2.39 bits per heavy atom. The third kappa shape index (κ3) is 2.14. The summed E-state index contributed by atoms with van der Waals surface area (Å²) in [5.74, 6) is -5.07. The highest BCUT2D eigenvalue weighted by atomic mass is 19.2. The minimum absolute atomic E-state index is 0.236. The molecule has 92 valence electrons. The number of aryl methyl sites for hydroxylation is 1. The first-order chi connectivity index (χ1) is 8.50. The number of halogens is 3. The molecule has 1 nitrogen and oxygen atoms in total. The van der Waals surface area contributed by atoms with Crippen LogP contribution in [0.1, 0.15) is 21.5 Å². The van der Waals surface area contributed by atoms with Gasteiger partial charge in [0.1, 0.15) is 0 Å². The van der Waals surface area contributed by atoms with Crippen molar-refractivity contribution in [1.29, 1.82) is 0 Å². The van der Waals surface area contributed by atoms with Crippen LogP contribution in [0.2, 0.25) is 0 Å². The highest BCUT2D eigenvalue weighted by Gasteiger charge is 2.19. The first-order valence-corrected chi connectivity index (χ1v) is 5.25. The first kappa shape index (κ1) is 12.4. The topological polar surface area (TPSA) is 17.1 Å². The lowest BCUT2D eigenvalue weighted by Crippen LogP contribution is -2.07. The molecule has 2 aromatic carbocycles. The zero-order valence-electron chi connectivity index (χ0n) is 9.51. The average Bonchev–Trinajstić information content (AvgIpc) is 2.35. The van der Waals surface area contributed by atoms with Crippen molar-refractivity contribution in [3.63, 3.8) is 0 Å². The van der Waals surface area contributed by atoms with Crippen molar-refractivity contribution in [2.45, 2.75) is 6.92 Å². The van der Waals surface area contributed by atoms with Gasteiger partial charge in [0.2, 0.25) is 0 Å². The van der Waals surface area contributed by atoms with Gasteiger partial charge >= 0.3 is 0 Å². The number of ketones is 1. The Labute approximate surface area is 102 Å². The molecular weight excluding hydrogens is 241 g/mol. The molecule has 0 amide bonds. The largest absolute Gasteiger partial charge is 0.288 e. The zero-order valence-corrected chi connectivity index (χ0v) is 9.51. The summed E-state index contributed by atoms with van der Waals surface area (Å²) in [5, 5.41) is 0. The molecule has 0 heterocycles. The van der Waals surface area contributed by atoms with Crippen molar-refractivity contribution >= 4 is 5.78 Å². The summed E-state index contributed by atoms with van der Waals surface area (Å²) >= 11 is 0. The molecule has 0 bridgehead atoms. The summed E-state index contributed by atoms with van der Waals surface area (Å²) < 4.78 is 39.3. The third-order valence-corrected chi connectivity index (χ3v) is 2.56. The highest BCUT2D eigenvalue weighted by Crippen LogP contribution is 2.19. The van der Waals surface area contributed by atoms with E-state index in [4.69, 9.17) is 0 Å². The molecule has 0 unspecified atom stereocenters. The second-order valence-electron chi connectivity index (χ2n) is 3.92. The lowest BCUT2D eigenvalue weighted by molar-refractivity contribution is 0.103. The summed E-state index contributed by atoms with van der Waals surface area (Å²) in [6.07, 6.45) is 0. The summed E-state index contributed by atoms with van der Waals surface area (Å²) in [6.45, 7) is 1.78. The van der Waals surface area contributed by atoms with E-state index < -0.39 is 28.8 Å². The molecule has 0 aliphatic heterocycles. The lowest BCUT2D eigenvalue weighted by Gasteiger charge is -2.05. The molecule has 0 aromatic heterocycles. The number of benzene rings is 2. The van der Waals surface area contributed by atoms with E-state index in [9.17, 15) is 18.0 Å². The van der Waals surface area contributed by atoms with E-state index in [1.807, 2.05) is 0 Å². The number of carbonyl (C=O) groups excluding carboxylic acids is 1. The molecule has 2 rings (SSSR count). The van der Waals surface area contributed by atoms with Crippen molar-refractivity contribution in [1.82, 2.24) is 0 Å². The van der Waals surface area contributed by atoms with E-state index in [1.165, 1.54) is 6.07 Å². The SMILES string of the molecule is Cc1cccc(C(=O)c2ccc(F)c(F)c2F)c1. The maximum Gasteiger partial charge on any atom is 0.196 e. The van der Waals surface area contributed by atoms with Crippen LogP contribution in [0, 0.1) is 24.4 Å². The quantitative estimate of drug-likeness (QED) is 0.587. The Bertz CT molecular complexity index is 620. The molecule has 2 aromatic rings. The molecule has 18 heavy (non-hydrogen) atoms. The zero-order chi connectivity index (χ0) is 13.3. The van der Waals surface area contributed by atoms with Crippen LogP contribution < -0.4 is 0 Å². The van der Waals surface area contributed by atoms with Gasteiger partial charge in [-0.3, -0.25) is 4.79 Å². The van der Waals surface area contributed by atoms with E-state index in [-0.39, 0.29) is 5.56 Å². The Morgan fingerprint density at radius 2 is 1.72 bits per heavy atom. The summed E-state index contributed by atoms with van der Waals surface area (Å²) in [7, 11) is 0. The van der Waals surface area contributed by atoms with Crippen LogP contribution in [0.3, 0.4) is 0 Å². The van der Waals surface area contributed by atoms with Crippen LogP contribution in [0.15, 0.2) is 36.4 Å². The maximum absolute atomic E-state index is 13.5. The Hall–Kier alpha value is -2.10. The van der Waals surface area contributed by atoms with E-state index >= 15 is 0 Å². The summed E-state index contributed by atoms with van der Waals surface area (Å²) in [4.78, 5) is 12.0. The van der Waals surface area contributed by atoms with Gasteiger partial charge < -0.3 is 0 Å². The van der Waals surface area contributed by atoms with Gasteiger partial charge in [0, 0.05) is 5.56 Å². The molecule has 0 radical (unpaired) electrons. The van der Waals surface area contributed by atoms with Gasteiger partial charge in [-0.05, 0) is 25.1 Å². The fourth-order valence-corrected chi connectivity index (χ4v) is 1.64. The number of carbonyl (C=O) groups is 1. The van der Waals surface area contributed by atoms with E-state index in [1.54, 1.807) is 25.1 Å².